The van der Waals surface area contributed by atoms with Crippen molar-refractivity contribution in [1.29, 1.82) is 0 Å². The fraction of sp³-hybridized carbons (Fsp3) is 0.467. The number of hydrogen-bond donors (Lipinski definition) is 2. The Kier molecular flexibility index (Phi) is 6.47. The van der Waals surface area contributed by atoms with E-state index in [1.165, 1.54) is 12.2 Å². The fourth-order valence-corrected chi connectivity index (χ4v) is 3.46. The van der Waals surface area contributed by atoms with Gasteiger partial charge in [0.2, 0.25) is 0 Å². The number of aliphatic carboxylic acids is 1. The zero-order valence-corrected chi connectivity index (χ0v) is 14.4. The zero-order valence-electron chi connectivity index (χ0n) is 13.6. The van der Waals surface area contributed by atoms with Crippen LogP contribution in [0.15, 0.2) is 0 Å². The third-order valence-corrected chi connectivity index (χ3v) is 4.68. The van der Waals surface area contributed by atoms with Gasteiger partial charge in [0, 0.05) is 21.7 Å². The fourth-order valence-electron chi connectivity index (χ4n) is 2.22. The summed E-state index contributed by atoms with van der Waals surface area (Å²) in [5.74, 6) is -5.15. The van der Waals surface area contributed by atoms with E-state index in [9.17, 15) is 32.3 Å². The van der Waals surface area contributed by atoms with E-state index in [1.54, 1.807) is 13.8 Å². The summed E-state index contributed by atoms with van der Waals surface area (Å²) in [6, 6.07) is -1.84. The second-order valence-corrected chi connectivity index (χ2v) is 6.71. The number of carbonyl (C=O) groups excluding carboxylic acids is 3. The van der Waals surface area contributed by atoms with Crippen LogP contribution in [0.1, 0.15) is 39.0 Å². The van der Waals surface area contributed by atoms with Crippen molar-refractivity contribution in [3.63, 3.8) is 0 Å². The van der Waals surface area contributed by atoms with Crippen molar-refractivity contribution in [3.05, 3.63) is 20.9 Å². The molecule has 1 amide bonds. The molecular formula is C15H16F3NO5S. The number of aryl methyl sites for hydroxylation is 1. The third kappa shape index (κ3) is 5.38. The second kappa shape index (κ2) is 7.77. The average molecular weight is 379 g/mol. The lowest BCUT2D eigenvalue weighted by molar-refractivity contribution is -0.175. The van der Waals surface area contributed by atoms with Crippen molar-refractivity contribution in [1.82, 2.24) is 5.32 Å². The van der Waals surface area contributed by atoms with Crippen LogP contribution in [0.3, 0.4) is 0 Å². The Morgan fingerprint density at radius 1 is 1.20 bits per heavy atom. The van der Waals surface area contributed by atoms with E-state index in [0.29, 0.717) is 16.0 Å². The molecule has 0 unspecified atom stereocenters. The van der Waals surface area contributed by atoms with E-state index in [2.05, 4.69) is 0 Å². The Hall–Kier alpha value is -2.23. The Labute approximate surface area is 145 Å². The lowest BCUT2D eigenvalue weighted by Gasteiger charge is -2.17. The molecule has 138 valence electrons. The lowest BCUT2D eigenvalue weighted by Crippen LogP contribution is -2.48. The first-order chi connectivity index (χ1) is 11.3. The SMILES string of the molecule is CC(=O)c1c(CC(=O)[C@H](CC(=O)O)NC(=O)C(F)(F)F)sc(C)c1C. The molecule has 1 aromatic rings. The Balaban J connectivity index is 3.07. The third-order valence-electron chi connectivity index (χ3n) is 3.48. The highest BCUT2D eigenvalue weighted by Crippen LogP contribution is 2.29. The first-order valence-electron chi connectivity index (χ1n) is 7.06. The van der Waals surface area contributed by atoms with Gasteiger partial charge in [-0.15, -0.1) is 11.3 Å². The number of carbonyl (C=O) groups is 4. The number of alkyl halides is 3. The van der Waals surface area contributed by atoms with Crippen LogP contribution in [0.25, 0.3) is 0 Å². The maximum Gasteiger partial charge on any atom is 0.471 e. The molecule has 0 fully saturated rings. The highest BCUT2D eigenvalue weighted by Gasteiger charge is 2.41. The van der Waals surface area contributed by atoms with Crippen molar-refractivity contribution >= 4 is 34.8 Å². The molecule has 1 aromatic heterocycles. The molecule has 25 heavy (non-hydrogen) atoms. The maximum atomic E-state index is 12.4. The Morgan fingerprint density at radius 3 is 2.20 bits per heavy atom. The molecule has 0 spiro atoms. The van der Waals surface area contributed by atoms with Crippen molar-refractivity contribution in [2.24, 2.45) is 0 Å². The molecule has 1 atom stereocenters. The molecule has 0 aromatic carbocycles. The van der Waals surface area contributed by atoms with Crippen molar-refractivity contribution in [3.8, 4) is 0 Å². The standard InChI is InChI=1S/C15H16F3NO5S/c1-6-8(3)25-11(13(6)7(2)20)5-10(21)9(4-12(22)23)19-14(24)15(16,17)18/h9H,4-5H2,1-3H3,(H,19,24)(H,22,23)/t9-/m0/s1. The van der Waals surface area contributed by atoms with Gasteiger partial charge < -0.3 is 10.4 Å². The molecule has 1 heterocycles. The van der Waals surface area contributed by atoms with Crippen LogP contribution in [0, 0.1) is 13.8 Å². The summed E-state index contributed by atoms with van der Waals surface area (Å²) in [5, 5.41) is 10.2. The van der Waals surface area contributed by atoms with Gasteiger partial charge in [-0.3, -0.25) is 19.2 Å². The number of halogens is 3. The Bertz CT molecular complexity index is 723. The molecule has 0 bridgehead atoms. The zero-order chi connectivity index (χ0) is 19.5. The van der Waals surface area contributed by atoms with Gasteiger partial charge in [-0.05, 0) is 26.3 Å². The van der Waals surface area contributed by atoms with E-state index in [4.69, 9.17) is 5.11 Å². The van der Waals surface area contributed by atoms with Crippen molar-refractivity contribution in [2.75, 3.05) is 0 Å². The molecule has 1 rings (SSSR count). The normalized spacial score (nSPS) is 12.6. The topological polar surface area (TPSA) is 101 Å². The molecule has 0 aliphatic carbocycles. The second-order valence-electron chi connectivity index (χ2n) is 5.40. The number of Topliss-reactive ketones (excluding diaryl/α,β-unsaturated/α-hetero) is 2. The van der Waals surface area contributed by atoms with Crippen LogP contribution in [-0.4, -0.2) is 40.8 Å². The predicted molar refractivity (Wildman–Crippen MR) is 82.7 cm³/mol. The highest BCUT2D eigenvalue weighted by molar-refractivity contribution is 7.12. The minimum Gasteiger partial charge on any atom is -0.481 e. The Morgan fingerprint density at radius 2 is 1.76 bits per heavy atom. The van der Waals surface area contributed by atoms with Gasteiger partial charge in [0.25, 0.3) is 0 Å². The lowest BCUT2D eigenvalue weighted by atomic mass is 10.00. The molecule has 10 heteroatoms. The van der Waals surface area contributed by atoms with Crippen LogP contribution in [-0.2, 0) is 20.8 Å². The number of thiophene rings is 1. The number of rotatable bonds is 7. The summed E-state index contributed by atoms with van der Waals surface area (Å²) in [4.78, 5) is 46.9. The number of amides is 1. The minimum absolute atomic E-state index is 0.298. The van der Waals surface area contributed by atoms with E-state index >= 15 is 0 Å². The van der Waals surface area contributed by atoms with Gasteiger partial charge in [0.1, 0.15) is 0 Å². The molecule has 0 radical (unpaired) electrons. The van der Waals surface area contributed by atoms with E-state index < -0.39 is 42.7 Å². The first-order valence-corrected chi connectivity index (χ1v) is 7.88. The summed E-state index contributed by atoms with van der Waals surface area (Å²) in [7, 11) is 0. The van der Waals surface area contributed by atoms with Gasteiger partial charge in [0.05, 0.1) is 12.5 Å². The molecule has 6 nitrogen and oxygen atoms in total. The monoisotopic (exact) mass is 379 g/mol. The van der Waals surface area contributed by atoms with Gasteiger partial charge in [-0.2, -0.15) is 13.2 Å². The van der Waals surface area contributed by atoms with Gasteiger partial charge in [-0.25, -0.2) is 0 Å². The summed E-state index contributed by atoms with van der Waals surface area (Å²) in [6.45, 7) is 4.69. The predicted octanol–water partition coefficient (Wildman–Crippen LogP) is 2.20. The van der Waals surface area contributed by atoms with Gasteiger partial charge in [0.15, 0.2) is 11.6 Å². The molecule has 0 aliphatic heterocycles. The van der Waals surface area contributed by atoms with E-state index in [1.807, 2.05) is 0 Å². The van der Waals surface area contributed by atoms with Crippen molar-refractivity contribution < 1.29 is 37.5 Å². The van der Waals surface area contributed by atoms with E-state index in [-0.39, 0.29) is 5.78 Å². The molecular weight excluding hydrogens is 363 g/mol. The van der Waals surface area contributed by atoms with Crippen LogP contribution in [0.5, 0.6) is 0 Å². The summed E-state index contributed by atoms with van der Waals surface area (Å²) >= 11 is 1.13. The number of nitrogens with one attached hydrogen (secondary N) is 1. The van der Waals surface area contributed by atoms with E-state index in [0.717, 1.165) is 16.2 Å². The number of carboxylic acids is 1. The smallest absolute Gasteiger partial charge is 0.471 e. The molecule has 0 aliphatic rings. The number of ketones is 2. The van der Waals surface area contributed by atoms with Crippen LogP contribution in [0.2, 0.25) is 0 Å². The molecule has 0 saturated heterocycles. The quantitative estimate of drug-likeness (QED) is 0.708. The van der Waals surface area contributed by atoms with Gasteiger partial charge in [-0.1, -0.05) is 0 Å². The number of carboxylic acid groups (broad SMARTS) is 1. The number of hydrogen-bond acceptors (Lipinski definition) is 5. The highest BCUT2D eigenvalue weighted by atomic mass is 32.1. The summed E-state index contributed by atoms with van der Waals surface area (Å²) in [5.41, 5.74) is 0.960. The van der Waals surface area contributed by atoms with Crippen LogP contribution >= 0.6 is 11.3 Å². The van der Waals surface area contributed by atoms with Crippen LogP contribution < -0.4 is 5.32 Å². The molecule has 2 N–H and O–H groups in total. The minimum atomic E-state index is -5.24. The maximum absolute atomic E-state index is 12.4. The largest absolute Gasteiger partial charge is 0.481 e. The molecule has 0 saturated carbocycles. The summed E-state index contributed by atoms with van der Waals surface area (Å²) < 4.78 is 37.1. The van der Waals surface area contributed by atoms with Crippen LogP contribution in [0.4, 0.5) is 13.2 Å². The van der Waals surface area contributed by atoms with Gasteiger partial charge >= 0.3 is 18.1 Å². The average Bonchev–Trinajstić information content (AvgIpc) is 2.71. The summed E-state index contributed by atoms with van der Waals surface area (Å²) in [6.07, 6.45) is -6.67. The van der Waals surface area contributed by atoms with Crippen molar-refractivity contribution in [2.45, 2.75) is 45.8 Å². The first kappa shape index (κ1) is 20.8.